The predicted octanol–water partition coefficient (Wildman–Crippen LogP) is 2.16. The molecule has 1 amide bonds. The zero-order valence-corrected chi connectivity index (χ0v) is 16.4. The summed E-state index contributed by atoms with van der Waals surface area (Å²) in [5.41, 5.74) is 2.13. The van der Waals surface area contributed by atoms with Gasteiger partial charge in [0.15, 0.2) is 0 Å². The zero-order valence-electron chi connectivity index (χ0n) is 15.6. The van der Waals surface area contributed by atoms with E-state index in [1.807, 2.05) is 6.07 Å². The topological polar surface area (TPSA) is 114 Å². The quantitative estimate of drug-likeness (QED) is 0.607. The van der Waals surface area contributed by atoms with Gasteiger partial charge in [-0.25, -0.2) is 13.6 Å². The maximum absolute atomic E-state index is 12.3. The van der Waals surface area contributed by atoms with E-state index in [0.29, 0.717) is 24.6 Å². The van der Waals surface area contributed by atoms with Crippen molar-refractivity contribution < 1.29 is 13.2 Å². The second kappa shape index (κ2) is 9.48. The molecule has 0 saturated heterocycles. The highest BCUT2D eigenvalue weighted by Gasteiger charge is 2.09. The molecule has 8 heteroatoms. The molecule has 0 unspecified atom stereocenters. The van der Waals surface area contributed by atoms with Crippen molar-refractivity contribution in [2.45, 2.75) is 31.6 Å². The van der Waals surface area contributed by atoms with Crippen LogP contribution in [-0.2, 0) is 16.4 Å². The SMILES string of the molecule is CC(C)CCNc1ccnc(C(=O)NCCc2ccc(S(N)(=O)=O)cc2)c1. The Morgan fingerprint density at radius 2 is 1.85 bits per heavy atom. The van der Waals surface area contributed by atoms with Crippen LogP contribution in [0.4, 0.5) is 5.69 Å². The van der Waals surface area contributed by atoms with Crippen LogP contribution in [0, 0.1) is 5.92 Å². The van der Waals surface area contributed by atoms with Gasteiger partial charge in [-0.05, 0) is 48.6 Å². The number of hydrogen-bond acceptors (Lipinski definition) is 5. The summed E-state index contributed by atoms with van der Waals surface area (Å²) < 4.78 is 22.5. The third-order valence-corrected chi connectivity index (χ3v) is 4.92. The van der Waals surface area contributed by atoms with Gasteiger partial charge in [-0.2, -0.15) is 0 Å². The summed E-state index contributed by atoms with van der Waals surface area (Å²) in [5, 5.41) is 11.2. The van der Waals surface area contributed by atoms with Crippen molar-refractivity contribution in [2.75, 3.05) is 18.4 Å². The van der Waals surface area contributed by atoms with E-state index < -0.39 is 10.0 Å². The summed E-state index contributed by atoms with van der Waals surface area (Å²) in [6, 6.07) is 9.86. The number of carbonyl (C=O) groups excluding carboxylic acids is 1. The summed E-state index contributed by atoms with van der Waals surface area (Å²) in [7, 11) is -3.69. The van der Waals surface area contributed by atoms with E-state index in [0.717, 1.165) is 24.2 Å². The Morgan fingerprint density at radius 1 is 1.15 bits per heavy atom. The maximum atomic E-state index is 12.3. The Balaban J connectivity index is 1.85. The van der Waals surface area contributed by atoms with E-state index in [9.17, 15) is 13.2 Å². The Hall–Kier alpha value is -2.45. The van der Waals surface area contributed by atoms with Gasteiger partial charge in [-0.15, -0.1) is 0 Å². The van der Waals surface area contributed by atoms with Crippen LogP contribution in [0.2, 0.25) is 0 Å². The molecule has 0 spiro atoms. The van der Waals surface area contributed by atoms with Crippen LogP contribution in [-0.4, -0.2) is 32.4 Å². The smallest absolute Gasteiger partial charge is 0.269 e. The van der Waals surface area contributed by atoms with Gasteiger partial charge in [0.25, 0.3) is 5.91 Å². The lowest BCUT2D eigenvalue weighted by atomic mass is 10.1. The van der Waals surface area contributed by atoms with Crippen LogP contribution in [0.5, 0.6) is 0 Å². The third-order valence-electron chi connectivity index (χ3n) is 3.99. The fraction of sp³-hybridized carbons (Fsp3) is 0.368. The first-order chi connectivity index (χ1) is 12.8. The van der Waals surface area contributed by atoms with Gasteiger partial charge < -0.3 is 10.6 Å². The summed E-state index contributed by atoms with van der Waals surface area (Å²) in [5.74, 6) is 0.366. The Morgan fingerprint density at radius 3 is 2.48 bits per heavy atom. The van der Waals surface area contributed by atoms with Crippen LogP contribution in [0.15, 0.2) is 47.5 Å². The third kappa shape index (κ3) is 6.99. The molecule has 0 saturated carbocycles. The lowest BCUT2D eigenvalue weighted by molar-refractivity contribution is 0.0949. The van der Waals surface area contributed by atoms with Crippen LogP contribution in [0.1, 0.15) is 36.3 Å². The molecule has 0 aliphatic heterocycles. The number of nitrogens with zero attached hydrogens (tertiary/aromatic N) is 1. The number of hydrogen-bond donors (Lipinski definition) is 3. The first-order valence-electron chi connectivity index (χ1n) is 8.85. The average molecular weight is 391 g/mol. The number of pyridine rings is 1. The molecule has 4 N–H and O–H groups in total. The number of aromatic nitrogens is 1. The number of rotatable bonds is 9. The van der Waals surface area contributed by atoms with E-state index >= 15 is 0 Å². The van der Waals surface area contributed by atoms with Gasteiger partial charge in [-0.1, -0.05) is 26.0 Å². The molecule has 146 valence electrons. The van der Waals surface area contributed by atoms with E-state index in [1.54, 1.807) is 24.4 Å². The molecule has 7 nitrogen and oxygen atoms in total. The second-order valence-electron chi connectivity index (χ2n) is 6.73. The fourth-order valence-corrected chi connectivity index (χ4v) is 2.94. The van der Waals surface area contributed by atoms with Crippen molar-refractivity contribution in [1.82, 2.24) is 10.3 Å². The van der Waals surface area contributed by atoms with Gasteiger partial charge in [0, 0.05) is 25.0 Å². The molecule has 0 aliphatic rings. The minimum absolute atomic E-state index is 0.0706. The molecular weight excluding hydrogens is 364 g/mol. The van der Waals surface area contributed by atoms with Crippen LogP contribution >= 0.6 is 0 Å². The monoisotopic (exact) mass is 390 g/mol. The number of benzene rings is 1. The van der Waals surface area contributed by atoms with Gasteiger partial charge in [0.1, 0.15) is 5.69 Å². The molecular formula is C19H26N4O3S. The van der Waals surface area contributed by atoms with Gasteiger partial charge in [0.2, 0.25) is 10.0 Å². The van der Waals surface area contributed by atoms with E-state index in [-0.39, 0.29) is 10.8 Å². The number of primary sulfonamides is 1. The standard InChI is InChI=1S/C19H26N4O3S/c1-14(2)7-10-21-16-9-12-22-18(13-16)19(24)23-11-8-15-3-5-17(6-4-15)27(20,25)26/h3-6,9,12-14H,7-8,10-11H2,1-2H3,(H,21,22)(H,23,24)(H2,20,25,26). The van der Waals surface area contributed by atoms with Crippen LogP contribution in [0.25, 0.3) is 0 Å². The van der Waals surface area contributed by atoms with E-state index in [4.69, 9.17) is 5.14 Å². The van der Waals surface area contributed by atoms with Gasteiger partial charge >= 0.3 is 0 Å². The molecule has 1 aromatic carbocycles. The minimum atomic E-state index is -3.69. The lowest BCUT2D eigenvalue weighted by Crippen LogP contribution is -2.26. The predicted molar refractivity (Wildman–Crippen MR) is 106 cm³/mol. The van der Waals surface area contributed by atoms with E-state index in [1.165, 1.54) is 12.1 Å². The highest BCUT2D eigenvalue weighted by atomic mass is 32.2. The molecule has 0 atom stereocenters. The van der Waals surface area contributed by atoms with Crippen molar-refractivity contribution >= 4 is 21.6 Å². The first-order valence-corrected chi connectivity index (χ1v) is 10.4. The van der Waals surface area contributed by atoms with Gasteiger partial charge in [0.05, 0.1) is 4.90 Å². The molecule has 27 heavy (non-hydrogen) atoms. The lowest BCUT2D eigenvalue weighted by Gasteiger charge is -2.10. The number of sulfonamides is 1. The summed E-state index contributed by atoms with van der Waals surface area (Å²) in [6.45, 7) is 5.59. The molecule has 0 aliphatic carbocycles. The molecule has 0 radical (unpaired) electrons. The molecule has 0 fully saturated rings. The Kier molecular flexibility index (Phi) is 7.32. The molecule has 0 bridgehead atoms. The van der Waals surface area contributed by atoms with Crippen molar-refractivity contribution in [3.63, 3.8) is 0 Å². The largest absolute Gasteiger partial charge is 0.385 e. The minimum Gasteiger partial charge on any atom is -0.385 e. The van der Waals surface area contributed by atoms with Crippen LogP contribution < -0.4 is 15.8 Å². The number of amides is 1. The summed E-state index contributed by atoms with van der Waals surface area (Å²) in [4.78, 5) is 16.4. The number of carbonyl (C=O) groups is 1. The van der Waals surface area contributed by atoms with Gasteiger partial charge in [-0.3, -0.25) is 9.78 Å². The zero-order chi connectivity index (χ0) is 19.9. The maximum Gasteiger partial charge on any atom is 0.269 e. The molecule has 1 heterocycles. The molecule has 2 aromatic rings. The average Bonchev–Trinajstić information content (AvgIpc) is 2.61. The van der Waals surface area contributed by atoms with Crippen molar-refractivity contribution in [1.29, 1.82) is 0 Å². The van der Waals surface area contributed by atoms with Crippen molar-refractivity contribution in [3.8, 4) is 0 Å². The Labute approximate surface area is 160 Å². The summed E-state index contributed by atoms with van der Waals surface area (Å²) in [6.07, 6.45) is 3.23. The number of anilines is 1. The highest BCUT2D eigenvalue weighted by molar-refractivity contribution is 7.89. The second-order valence-corrected chi connectivity index (χ2v) is 8.30. The fourth-order valence-electron chi connectivity index (χ4n) is 2.43. The Bertz CT molecular complexity index is 865. The van der Waals surface area contributed by atoms with E-state index in [2.05, 4.69) is 29.5 Å². The van der Waals surface area contributed by atoms with Crippen LogP contribution in [0.3, 0.4) is 0 Å². The number of nitrogens with two attached hydrogens (primary N) is 1. The normalized spacial score (nSPS) is 11.4. The first kappa shape index (κ1) is 20.9. The van der Waals surface area contributed by atoms with Crippen molar-refractivity contribution in [2.24, 2.45) is 11.1 Å². The molecule has 1 aromatic heterocycles. The molecule has 2 rings (SSSR count). The highest BCUT2D eigenvalue weighted by Crippen LogP contribution is 2.10. The number of nitrogens with one attached hydrogen (secondary N) is 2. The summed E-state index contributed by atoms with van der Waals surface area (Å²) >= 11 is 0. The van der Waals surface area contributed by atoms with Crippen molar-refractivity contribution in [3.05, 3.63) is 53.9 Å².